The number of aliphatic carboxylic acids is 1. The Morgan fingerprint density at radius 1 is 1.00 bits per heavy atom. The van der Waals surface area contributed by atoms with Crippen molar-refractivity contribution in [3.63, 3.8) is 0 Å². The van der Waals surface area contributed by atoms with Gasteiger partial charge in [-0.25, -0.2) is 4.79 Å². The number of carboxylic acid groups (broad SMARTS) is 1. The molecule has 13 nitrogen and oxygen atoms in total. The van der Waals surface area contributed by atoms with Gasteiger partial charge in [0.05, 0.1) is 48.5 Å². The summed E-state index contributed by atoms with van der Waals surface area (Å²) in [5.41, 5.74) is -1.52. The summed E-state index contributed by atoms with van der Waals surface area (Å²) >= 11 is 1.72. The second kappa shape index (κ2) is 16.2. The number of rotatable bonds is 10. The summed E-state index contributed by atoms with van der Waals surface area (Å²) in [6.45, 7) is 14.8. The molecule has 58 heavy (non-hydrogen) atoms. The largest absolute Gasteiger partial charge is 0.479 e. The van der Waals surface area contributed by atoms with E-state index in [1.54, 1.807) is 11.8 Å². The first-order valence-electron chi connectivity index (χ1n) is 22.1. The third-order valence-electron chi connectivity index (χ3n) is 14.9. The van der Waals surface area contributed by atoms with Crippen molar-refractivity contribution in [1.82, 2.24) is 0 Å². The Labute approximate surface area is 347 Å². The molecule has 8 aliphatic heterocycles. The number of fused-ring (bicyclic) bond motifs is 3. The van der Waals surface area contributed by atoms with Crippen LogP contribution in [0.1, 0.15) is 125 Å². The minimum atomic E-state index is -1.95. The van der Waals surface area contributed by atoms with Gasteiger partial charge in [0.25, 0.3) is 0 Å². The van der Waals surface area contributed by atoms with Crippen molar-refractivity contribution in [3.05, 3.63) is 24.3 Å². The van der Waals surface area contributed by atoms with Gasteiger partial charge in [-0.15, -0.1) is 11.8 Å². The van der Waals surface area contributed by atoms with E-state index in [1.165, 1.54) is 6.92 Å². The van der Waals surface area contributed by atoms with Crippen molar-refractivity contribution in [2.24, 2.45) is 17.8 Å². The number of aliphatic hydroxyl groups is 4. The highest BCUT2D eigenvalue weighted by molar-refractivity contribution is 8.08. The van der Waals surface area contributed by atoms with Gasteiger partial charge in [-0.2, -0.15) is 0 Å². The highest BCUT2D eigenvalue weighted by Crippen LogP contribution is 2.67. The van der Waals surface area contributed by atoms with E-state index in [1.807, 2.05) is 0 Å². The van der Waals surface area contributed by atoms with Crippen LogP contribution >= 0.6 is 11.8 Å². The summed E-state index contributed by atoms with van der Waals surface area (Å²) in [7, 11) is 0. The average Bonchev–Trinajstić information content (AvgIpc) is 3.74. The molecule has 0 bridgehead atoms. The van der Waals surface area contributed by atoms with E-state index >= 15 is 0 Å². The van der Waals surface area contributed by atoms with Crippen LogP contribution in [-0.4, -0.2) is 132 Å². The summed E-state index contributed by atoms with van der Waals surface area (Å²) in [4.78, 5) is 11.7. The van der Waals surface area contributed by atoms with Crippen LogP contribution in [0.25, 0.3) is 0 Å². The van der Waals surface area contributed by atoms with Gasteiger partial charge >= 0.3 is 5.97 Å². The monoisotopic (exact) mass is 836 g/mol. The molecular formula is C44H68O13S. The van der Waals surface area contributed by atoms with Gasteiger partial charge in [-0.05, 0) is 89.0 Å². The number of aliphatic hydroxyl groups excluding tert-OH is 3. The highest BCUT2D eigenvalue weighted by Gasteiger charge is 2.72. The minimum Gasteiger partial charge on any atom is -0.479 e. The van der Waals surface area contributed by atoms with E-state index < -0.39 is 71.7 Å². The van der Waals surface area contributed by atoms with Crippen molar-refractivity contribution in [1.29, 1.82) is 0 Å². The zero-order chi connectivity index (χ0) is 41.4. The molecule has 14 heteroatoms. The van der Waals surface area contributed by atoms with E-state index in [4.69, 9.17) is 33.2 Å². The third-order valence-corrected chi connectivity index (χ3v) is 16.7. The minimum absolute atomic E-state index is 0.0406. The van der Waals surface area contributed by atoms with Crippen LogP contribution in [0, 0.1) is 17.8 Å². The molecule has 1 unspecified atom stereocenters. The van der Waals surface area contributed by atoms with Crippen LogP contribution in [-0.2, 0) is 38.0 Å². The van der Waals surface area contributed by atoms with Gasteiger partial charge < -0.3 is 58.7 Å². The van der Waals surface area contributed by atoms with E-state index in [9.17, 15) is 30.3 Å². The van der Waals surface area contributed by atoms with Crippen LogP contribution in [0.3, 0.4) is 0 Å². The number of ether oxygens (including phenoxy) is 7. The van der Waals surface area contributed by atoms with Crippen LogP contribution in [0.15, 0.2) is 24.3 Å². The Morgan fingerprint density at radius 2 is 1.76 bits per heavy atom. The van der Waals surface area contributed by atoms with Crippen molar-refractivity contribution >= 4 is 17.7 Å². The molecule has 8 fully saturated rings. The molecule has 0 aromatic carbocycles. The fourth-order valence-corrected chi connectivity index (χ4v) is 12.7. The molecule has 8 saturated heterocycles. The predicted octanol–water partition coefficient (Wildman–Crippen LogP) is 5.14. The van der Waals surface area contributed by atoms with Crippen LogP contribution in [0.2, 0.25) is 0 Å². The fourth-order valence-electron chi connectivity index (χ4n) is 11.3. The lowest BCUT2D eigenvalue weighted by molar-refractivity contribution is -0.350. The molecule has 8 rings (SSSR count). The molecule has 5 N–H and O–H groups in total. The lowest BCUT2D eigenvalue weighted by Gasteiger charge is -2.50. The van der Waals surface area contributed by atoms with Crippen LogP contribution < -0.4 is 0 Å². The molecule has 0 radical (unpaired) electrons. The van der Waals surface area contributed by atoms with Crippen LogP contribution in [0.4, 0.5) is 0 Å². The lowest BCUT2D eigenvalue weighted by Crippen LogP contribution is -2.63. The standard InChI is InChI=1S/C44H68O13S/c1-24(32-23-41(6)38(58-41)44(55-32)33(46)12-11-29(54-44)22-40(5,50)39(48)49)9-10-28-14-18-43(53-28)19-15-31-37(57-43)34(47)27(4)36(52-31)30(45)21-26(3)35-25(2)13-17-42(56-35)16-7-8-20-51-42/h9-10,24-26,28-38,45-47,50H,4,7-8,11-23H2,1-3,5-6H3,(H,48,49)/b10-9+/t24-,25?,26+,28+,29+,30+,31-,32+,33-,34-,35+,36+,37-,38-,40-,41-,42+,43-,44+/m1/s1. The van der Waals surface area contributed by atoms with Gasteiger partial charge in [0.2, 0.25) is 5.79 Å². The zero-order valence-electron chi connectivity index (χ0n) is 35.0. The fraction of sp³-hybridized carbons (Fsp3) is 0.886. The van der Waals surface area contributed by atoms with E-state index in [0.29, 0.717) is 50.0 Å². The second-order valence-electron chi connectivity index (χ2n) is 19.7. The highest BCUT2D eigenvalue weighted by atomic mass is 32.2. The second-order valence-corrected chi connectivity index (χ2v) is 21.3. The SMILES string of the molecule is C=C1[C@@H](O)[C@@H]2O[C@]3(CC[C@H](/C=C/[C@@H](C)[C@@H]4C[C@@]5(C)S[C@H]5[C@@]5(O[C@H](C[C@@](C)(O)C(=O)O)CC[C@H]5O)O4)O3)CC[C@H]2O[C@@H]1[C@@H](O)C[C@H](C)[C@H]1O[C@@]2(CCCCO2)CCC1C. The molecule has 3 spiro atoms. The number of carboxylic acids is 1. The molecule has 8 aliphatic rings. The predicted molar refractivity (Wildman–Crippen MR) is 214 cm³/mol. The number of hydrogen-bond acceptors (Lipinski definition) is 13. The molecule has 0 aliphatic carbocycles. The van der Waals surface area contributed by atoms with Crippen LogP contribution in [0.5, 0.6) is 0 Å². The molecule has 19 atom stereocenters. The quantitative estimate of drug-likeness (QED) is 0.144. The van der Waals surface area contributed by atoms with Crippen molar-refractivity contribution in [2.75, 3.05) is 6.61 Å². The smallest absolute Gasteiger partial charge is 0.335 e. The van der Waals surface area contributed by atoms with Gasteiger partial charge in [-0.1, -0.05) is 39.5 Å². The molecule has 0 saturated carbocycles. The first kappa shape index (κ1) is 43.5. The van der Waals surface area contributed by atoms with Crippen molar-refractivity contribution < 1.29 is 63.5 Å². The van der Waals surface area contributed by atoms with E-state index in [0.717, 1.165) is 51.6 Å². The topological polar surface area (TPSA) is 183 Å². The number of hydrogen-bond donors (Lipinski definition) is 5. The molecule has 0 amide bonds. The average molecular weight is 837 g/mol. The Balaban J connectivity index is 0.852. The number of thioether (sulfide) groups is 1. The number of carbonyl (C=O) groups is 1. The maximum absolute atomic E-state index is 11.7. The van der Waals surface area contributed by atoms with Crippen molar-refractivity contribution in [2.45, 2.75) is 219 Å². The lowest BCUT2D eigenvalue weighted by atomic mass is 9.79. The summed E-state index contributed by atoms with van der Waals surface area (Å²) < 4.78 is 45.6. The summed E-state index contributed by atoms with van der Waals surface area (Å²) in [5, 5.41) is 54.3. The molecule has 8 heterocycles. The first-order valence-corrected chi connectivity index (χ1v) is 23.0. The first-order chi connectivity index (χ1) is 27.4. The molecular weight excluding hydrogens is 769 g/mol. The molecule has 328 valence electrons. The Morgan fingerprint density at radius 3 is 2.50 bits per heavy atom. The third kappa shape index (κ3) is 8.25. The molecule has 0 aromatic rings. The Kier molecular flexibility index (Phi) is 12.2. The van der Waals surface area contributed by atoms with Gasteiger partial charge in [0.1, 0.15) is 24.4 Å². The normalized spacial score (nSPS) is 49.3. The van der Waals surface area contributed by atoms with Gasteiger partial charge in [0, 0.05) is 42.8 Å². The summed E-state index contributed by atoms with van der Waals surface area (Å²) in [6, 6.07) is 0. The van der Waals surface area contributed by atoms with Gasteiger partial charge in [-0.3, -0.25) is 0 Å². The maximum atomic E-state index is 11.7. The molecule has 0 aromatic heterocycles. The summed E-state index contributed by atoms with van der Waals surface area (Å²) in [6.07, 6.45) is 8.13. The van der Waals surface area contributed by atoms with Gasteiger partial charge in [0.15, 0.2) is 17.2 Å². The zero-order valence-corrected chi connectivity index (χ0v) is 35.8. The van der Waals surface area contributed by atoms with E-state index in [2.05, 4.69) is 46.4 Å². The van der Waals surface area contributed by atoms with Crippen molar-refractivity contribution in [3.8, 4) is 0 Å². The Bertz CT molecular complexity index is 1550. The van der Waals surface area contributed by atoms with E-state index in [-0.39, 0.29) is 46.6 Å². The summed E-state index contributed by atoms with van der Waals surface area (Å²) in [5.74, 6) is -3.61. The Hall–Kier alpha value is -1.14. The maximum Gasteiger partial charge on any atom is 0.335 e.